The molecule has 1 heterocycles. The Hall–Kier alpha value is -3.48. The number of benzene rings is 2. The van der Waals surface area contributed by atoms with Crippen molar-refractivity contribution in [1.29, 1.82) is 0 Å². The molecule has 0 saturated carbocycles. The maximum Gasteiger partial charge on any atom is 0.337 e. The standard InChI is InChI=1S/C22H23N3O4/c1-15-5-4-6-18-20(15)23-14-25(21(18)27)12-11-19(26)24(2)13-16-7-9-17(10-8-16)22(28)29-3/h4-10,14H,11-13H2,1-3H3. The second-order valence-corrected chi connectivity index (χ2v) is 6.90. The van der Waals surface area contributed by atoms with Crippen LogP contribution in [0.25, 0.3) is 10.9 Å². The average molecular weight is 393 g/mol. The normalized spacial score (nSPS) is 10.7. The van der Waals surface area contributed by atoms with Crippen LogP contribution in [-0.4, -0.2) is 40.5 Å². The smallest absolute Gasteiger partial charge is 0.337 e. The van der Waals surface area contributed by atoms with Gasteiger partial charge in [-0.05, 0) is 36.2 Å². The van der Waals surface area contributed by atoms with Crippen LogP contribution in [0, 0.1) is 6.92 Å². The SMILES string of the molecule is COC(=O)c1ccc(CN(C)C(=O)CCn2cnc3c(C)cccc3c2=O)cc1. The summed E-state index contributed by atoms with van der Waals surface area (Å²) in [6, 6.07) is 12.4. The Balaban J connectivity index is 1.63. The van der Waals surface area contributed by atoms with E-state index in [1.54, 1.807) is 42.3 Å². The number of nitrogens with zero attached hydrogens (tertiary/aromatic N) is 3. The van der Waals surface area contributed by atoms with Crippen molar-refractivity contribution in [3.63, 3.8) is 0 Å². The third kappa shape index (κ3) is 4.51. The minimum Gasteiger partial charge on any atom is -0.465 e. The molecule has 0 fully saturated rings. The fourth-order valence-corrected chi connectivity index (χ4v) is 3.13. The van der Waals surface area contributed by atoms with E-state index in [0.717, 1.165) is 11.1 Å². The molecule has 3 aromatic rings. The zero-order valence-electron chi connectivity index (χ0n) is 16.7. The molecule has 2 aromatic carbocycles. The maximum atomic E-state index is 12.6. The number of fused-ring (bicyclic) bond motifs is 1. The van der Waals surface area contributed by atoms with Crippen LogP contribution in [0.2, 0.25) is 0 Å². The van der Waals surface area contributed by atoms with Gasteiger partial charge in [-0.2, -0.15) is 0 Å². The Bertz CT molecular complexity index is 1100. The van der Waals surface area contributed by atoms with Crippen molar-refractivity contribution in [2.45, 2.75) is 26.4 Å². The van der Waals surface area contributed by atoms with Crippen molar-refractivity contribution in [3.8, 4) is 0 Å². The van der Waals surface area contributed by atoms with Crippen molar-refractivity contribution >= 4 is 22.8 Å². The van der Waals surface area contributed by atoms with Gasteiger partial charge in [0.05, 0.1) is 29.9 Å². The molecule has 0 aliphatic carbocycles. The number of aryl methyl sites for hydroxylation is 2. The molecule has 1 amide bonds. The number of carbonyl (C=O) groups excluding carboxylic acids is 2. The first-order valence-corrected chi connectivity index (χ1v) is 9.26. The number of methoxy groups -OCH3 is 1. The highest BCUT2D eigenvalue weighted by molar-refractivity contribution is 5.89. The zero-order chi connectivity index (χ0) is 21.0. The predicted molar refractivity (Wildman–Crippen MR) is 110 cm³/mol. The molecule has 0 aliphatic heterocycles. The van der Waals surface area contributed by atoms with Gasteiger partial charge in [-0.25, -0.2) is 9.78 Å². The van der Waals surface area contributed by atoms with Crippen LogP contribution in [0.3, 0.4) is 0 Å². The number of para-hydroxylation sites is 1. The molecule has 29 heavy (non-hydrogen) atoms. The Morgan fingerprint density at radius 1 is 1.14 bits per heavy atom. The Labute approximate surface area is 168 Å². The van der Waals surface area contributed by atoms with E-state index in [0.29, 0.717) is 23.0 Å². The summed E-state index contributed by atoms with van der Waals surface area (Å²) in [4.78, 5) is 42.6. The van der Waals surface area contributed by atoms with Crippen molar-refractivity contribution in [1.82, 2.24) is 14.5 Å². The number of amides is 1. The van der Waals surface area contributed by atoms with Crippen LogP contribution >= 0.6 is 0 Å². The third-order valence-electron chi connectivity index (χ3n) is 4.84. The molecule has 150 valence electrons. The van der Waals surface area contributed by atoms with Crippen LogP contribution in [0.1, 0.15) is 27.9 Å². The second-order valence-electron chi connectivity index (χ2n) is 6.90. The minimum absolute atomic E-state index is 0.0849. The van der Waals surface area contributed by atoms with E-state index in [1.807, 2.05) is 19.1 Å². The fourth-order valence-electron chi connectivity index (χ4n) is 3.13. The highest BCUT2D eigenvalue weighted by Crippen LogP contribution is 2.12. The average Bonchev–Trinajstić information content (AvgIpc) is 2.73. The lowest BCUT2D eigenvalue weighted by atomic mass is 10.1. The molecule has 0 saturated heterocycles. The van der Waals surface area contributed by atoms with Gasteiger partial charge in [0.15, 0.2) is 0 Å². The summed E-state index contributed by atoms with van der Waals surface area (Å²) in [7, 11) is 3.04. The molecule has 7 nitrogen and oxygen atoms in total. The van der Waals surface area contributed by atoms with Gasteiger partial charge in [0.25, 0.3) is 5.56 Å². The summed E-state index contributed by atoms with van der Waals surface area (Å²) in [5, 5.41) is 0.555. The summed E-state index contributed by atoms with van der Waals surface area (Å²) < 4.78 is 6.15. The lowest BCUT2D eigenvalue weighted by Gasteiger charge is -2.18. The van der Waals surface area contributed by atoms with E-state index >= 15 is 0 Å². The Morgan fingerprint density at radius 3 is 2.55 bits per heavy atom. The molecule has 0 bridgehead atoms. The lowest BCUT2D eigenvalue weighted by Crippen LogP contribution is -2.29. The van der Waals surface area contributed by atoms with E-state index in [1.165, 1.54) is 18.0 Å². The summed E-state index contributed by atoms with van der Waals surface area (Å²) in [5.74, 6) is -0.483. The van der Waals surface area contributed by atoms with Crippen molar-refractivity contribution in [2.75, 3.05) is 14.2 Å². The van der Waals surface area contributed by atoms with Crippen molar-refractivity contribution in [3.05, 3.63) is 75.8 Å². The first kappa shape index (κ1) is 20.3. The Morgan fingerprint density at radius 2 is 1.86 bits per heavy atom. The molecule has 0 spiro atoms. The number of hydrogen-bond donors (Lipinski definition) is 0. The van der Waals surface area contributed by atoms with Crippen molar-refractivity contribution in [2.24, 2.45) is 0 Å². The predicted octanol–water partition coefficient (Wildman–Crippen LogP) is 2.54. The molecular formula is C22H23N3O4. The largest absolute Gasteiger partial charge is 0.465 e. The van der Waals surface area contributed by atoms with Crippen molar-refractivity contribution < 1.29 is 14.3 Å². The lowest BCUT2D eigenvalue weighted by molar-refractivity contribution is -0.130. The molecular weight excluding hydrogens is 370 g/mol. The molecule has 0 radical (unpaired) electrons. The van der Waals surface area contributed by atoms with E-state index in [-0.39, 0.29) is 24.4 Å². The third-order valence-corrected chi connectivity index (χ3v) is 4.84. The van der Waals surface area contributed by atoms with Crippen LogP contribution in [0.15, 0.2) is 53.6 Å². The van der Waals surface area contributed by atoms with Gasteiger partial charge in [0.1, 0.15) is 0 Å². The van der Waals surface area contributed by atoms with E-state index in [4.69, 9.17) is 0 Å². The number of ether oxygens (including phenoxy) is 1. The number of hydrogen-bond acceptors (Lipinski definition) is 5. The van der Waals surface area contributed by atoms with Crippen LogP contribution < -0.4 is 5.56 Å². The molecule has 0 atom stereocenters. The second kappa shape index (κ2) is 8.68. The Kier molecular flexibility index (Phi) is 6.07. The highest BCUT2D eigenvalue weighted by Gasteiger charge is 2.12. The van der Waals surface area contributed by atoms with Gasteiger partial charge >= 0.3 is 5.97 Å². The first-order chi connectivity index (χ1) is 13.9. The summed E-state index contributed by atoms with van der Waals surface area (Å²) >= 11 is 0. The van der Waals surface area contributed by atoms with Gasteiger partial charge in [0, 0.05) is 26.6 Å². The molecule has 0 aliphatic rings. The van der Waals surface area contributed by atoms with E-state index in [2.05, 4.69) is 9.72 Å². The van der Waals surface area contributed by atoms with Gasteiger partial charge in [0.2, 0.25) is 5.91 Å². The van der Waals surface area contributed by atoms with Crippen LogP contribution in [-0.2, 0) is 22.6 Å². The molecule has 0 N–H and O–H groups in total. The van der Waals surface area contributed by atoms with Crippen LogP contribution in [0.4, 0.5) is 0 Å². The number of rotatable bonds is 6. The highest BCUT2D eigenvalue weighted by atomic mass is 16.5. The molecule has 1 aromatic heterocycles. The van der Waals surface area contributed by atoms with E-state index < -0.39 is 5.97 Å². The topological polar surface area (TPSA) is 81.5 Å². The quantitative estimate of drug-likeness (QED) is 0.601. The van der Waals surface area contributed by atoms with E-state index in [9.17, 15) is 14.4 Å². The zero-order valence-corrected chi connectivity index (χ0v) is 16.7. The fraction of sp³-hybridized carbons (Fsp3) is 0.273. The molecule has 7 heteroatoms. The summed E-state index contributed by atoms with van der Waals surface area (Å²) in [6.07, 6.45) is 1.69. The summed E-state index contributed by atoms with van der Waals surface area (Å²) in [6.45, 7) is 2.58. The number of aromatic nitrogens is 2. The van der Waals surface area contributed by atoms with Gasteiger partial charge in [-0.1, -0.05) is 24.3 Å². The van der Waals surface area contributed by atoms with Gasteiger partial charge < -0.3 is 9.64 Å². The molecule has 3 rings (SSSR count). The first-order valence-electron chi connectivity index (χ1n) is 9.26. The number of carbonyl (C=O) groups is 2. The van der Waals surface area contributed by atoms with Gasteiger partial charge in [-0.3, -0.25) is 14.2 Å². The monoisotopic (exact) mass is 393 g/mol. The minimum atomic E-state index is -0.398. The van der Waals surface area contributed by atoms with Crippen LogP contribution in [0.5, 0.6) is 0 Å². The number of esters is 1. The molecule has 0 unspecified atom stereocenters. The maximum absolute atomic E-state index is 12.6. The van der Waals surface area contributed by atoms with Gasteiger partial charge in [-0.15, -0.1) is 0 Å². The summed E-state index contributed by atoms with van der Waals surface area (Å²) in [5.41, 5.74) is 2.85.